The van der Waals surface area contributed by atoms with Gasteiger partial charge in [-0.3, -0.25) is 10.2 Å². The molecular weight excluding hydrogens is 383 g/mol. The Kier molecular flexibility index (Phi) is 5.29. The third kappa shape index (κ3) is 4.13. The first-order valence-corrected chi connectivity index (χ1v) is 8.79. The number of hydrogen-bond donors (Lipinski definition) is 3. The van der Waals surface area contributed by atoms with Gasteiger partial charge in [0.2, 0.25) is 0 Å². The van der Waals surface area contributed by atoms with Crippen molar-refractivity contribution in [3.8, 4) is 5.75 Å². The fourth-order valence-electron chi connectivity index (χ4n) is 2.18. The number of aryl methyl sites for hydroxylation is 1. The summed E-state index contributed by atoms with van der Waals surface area (Å²) < 4.78 is 6.29. The Morgan fingerprint density at radius 2 is 2.08 bits per heavy atom. The van der Waals surface area contributed by atoms with E-state index < -0.39 is 0 Å². The summed E-state index contributed by atoms with van der Waals surface area (Å²) in [4.78, 5) is 16.3. The smallest absolute Gasteiger partial charge is 0.262 e. The van der Waals surface area contributed by atoms with Crippen LogP contribution in [0.3, 0.4) is 0 Å². The maximum atomic E-state index is 12.1. The van der Waals surface area contributed by atoms with Crippen LogP contribution in [0.2, 0.25) is 10.0 Å². The number of carbonyl (C=O) groups is 1. The SMILES string of the molecule is Cc1cc(OCC(=O)Nc2cc(Cl)c3nc(NN)sc3c2)ccc1Cl. The van der Waals surface area contributed by atoms with Gasteiger partial charge < -0.3 is 10.1 Å². The summed E-state index contributed by atoms with van der Waals surface area (Å²) in [7, 11) is 0. The van der Waals surface area contributed by atoms with Crippen LogP contribution in [0.15, 0.2) is 30.3 Å². The number of nitrogen functional groups attached to an aromatic ring is 1. The lowest BCUT2D eigenvalue weighted by atomic mass is 10.2. The second-order valence-electron chi connectivity index (χ2n) is 5.22. The number of ether oxygens (including phenoxy) is 1. The molecule has 1 heterocycles. The number of halogens is 2. The van der Waals surface area contributed by atoms with Crippen molar-refractivity contribution in [3.63, 3.8) is 0 Å². The standard InChI is InChI=1S/C16H14Cl2N4O2S/c1-8-4-10(2-3-11(8)17)24-7-14(23)20-9-5-12(18)15-13(6-9)25-16(21-15)22-19/h2-6H,7,19H2,1H3,(H,20,23)(H,21,22). The van der Waals surface area contributed by atoms with Crippen LogP contribution in [-0.2, 0) is 4.79 Å². The number of nitrogens with two attached hydrogens (primary N) is 1. The van der Waals surface area contributed by atoms with E-state index in [2.05, 4.69) is 15.7 Å². The monoisotopic (exact) mass is 396 g/mol. The van der Waals surface area contributed by atoms with E-state index in [1.54, 1.807) is 30.3 Å². The molecule has 130 valence electrons. The molecule has 1 amide bonds. The highest BCUT2D eigenvalue weighted by atomic mass is 35.5. The number of aromatic nitrogens is 1. The zero-order valence-electron chi connectivity index (χ0n) is 13.1. The Morgan fingerprint density at radius 1 is 1.28 bits per heavy atom. The lowest BCUT2D eigenvalue weighted by molar-refractivity contribution is -0.118. The molecule has 0 radical (unpaired) electrons. The van der Waals surface area contributed by atoms with E-state index in [0.717, 1.165) is 10.3 Å². The zero-order chi connectivity index (χ0) is 18.0. The number of nitrogens with zero attached hydrogens (tertiary/aromatic N) is 1. The minimum absolute atomic E-state index is 0.130. The molecule has 0 aliphatic heterocycles. The molecule has 1 aromatic heterocycles. The van der Waals surface area contributed by atoms with Crippen molar-refractivity contribution in [1.82, 2.24) is 4.98 Å². The normalized spacial score (nSPS) is 10.7. The van der Waals surface area contributed by atoms with Gasteiger partial charge in [0.15, 0.2) is 11.7 Å². The van der Waals surface area contributed by atoms with Crippen LogP contribution in [0.25, 0.3) is 10.2 Å². The first-order chi connectivity index (χ1) is 12.0. The molecule has 4 N–H and O–H groups in total. The maximum absolute atomic E-state index is 12.1. The van der Waals surface area contributed by atoms with Crippen molar-refractivity contribution in [2.45, 2.75) is 6.92 Å². The van der Waals surface area contributed by atoms with Crippen molar-refractivity contribution in [2.24, 2.45) is 5.84 Å². The third-order valence-corrected chi connectivity index (χ3v) is 5.00. The molecule has 25 heavy (non-hydrogen) atoms. The number of benzene rings is 2. The van der Waals surface area contributed by atoms with Gasteiger partial charge in [-0.2, -0.15) is 0 Å². The minimum Gasteiger partial charge on any atom is -0.484 e. The lowest BCUT2D eigenvalue weighted by Gasteiger charge is -2.09. The molecule has 0 unspecified atom stereocenters. The molecule has 0 aliphatic rings. The van der Waals surface area contributed by atoms with Crippen LogP contribution in [-0.4, -0.2) is 17.5 Å². The van der Waals surface area contributed by atoms with Gasteiger partial charge in [-0.15, -0.1) is 0 Å². The summed E-state index contributed by atoms with van der Waals surface area (Å²) in [6, 6.07) is 8.63. The Labute approximate surface area is 157 Å². The molecule has 3 aromatic rings. The van der Waals surface area contributed by atoms with E-state index in [1.165, 1.54) is 11.3 Å². The zero-order valence-corrected chi connectivity index (χ0v) is 15.4. The molecule has 0 atom stereocenters. The summed E-state index contributed by atoms with van der Waals surface area (Å²) in [5.74, 6) is 5.63. The van der Waals surface area contributed by atoms with Gasteiger partial charge in [0.05, 0.1) is 9.72 Å². The molecule has 0 bridgehead atoms. The number of amides is 1. The number of thiazole rings is 1. The van der Waals surface area contributed by atoms with Crippen molar-refractivity contribution in [1.29, 1.82) is 0 Å². The summed E-state index contributed by atoms with van der Waals surface area (Å²) in [6.07, 6.45) is 0. The van der Waals surface area contributed by atoms with Crippen LogP contribution in [0, 0.1) is 6.92 Å². The lowest BCUT2D eigenvalue weighted by Crippen LogP contribution is -2.20. The Balaban J connectivity index is 1.68. The molecule has 6 nitrogen and oxygen atoms in total. The van der Waals surface area contributed by atoms with E-state index in [1.807, 2.05) is 6.92 Å². The fourth-order valence-corrected chi connectivity index (χ4v) is 3.45. The van der Waals surface area contributed by atoms with Crippen molar-refractivity contribution >= 4 is 61.5 Å². The highest BCUT2D eigenvalue weighted by Crippen LogP contribution is 2.33. The van der Waals surface area contributed by atoms with E-state index in [4.69, 9.17) is 33.8 Å². The number of rotatable bonds is 5. The van der Waals surface area contributed by atoms with Crippen LogP contribution < -0.4 is 21.3 Å². The predicted octanol–water partition coefficient (Wildman–Crippen LogP) is 4.21. The molecule has 0 aliphatic carbocycles. The molecule has 0 fully saturated rings. The molecule has 2 aromatic carbocycles. The largest absolute Gasteiger partial charge is 0.484 e. The Morgan fingerprint density at radius 3 is 2.80 bits per heavy atom. The summed E-state index contributed by atoms with van der Waals surface area (Å²) in [5.41, 5.74) is 4.55. The Hall–Kier alpha value is -2.06. The van der Waals surface area contributed by atoms with Gasteiger partial charge >= 0.3 is 0 Å². The van der Waals surface area contributed by atoms with Crippen molar-refractivity contribution in [2.75, 3.05) is 17.3 Å². The molecule has 0 spiro atoms. The topological polar surface area (TPSA) is 89.3 Å². The van der Waals surface area contributed by atoms with Gasteiger partial charge in [0.25, 0.3) is 5.91 Å². The van der Waals surface area contributed by atoms with Gasteiger partial charge in [-0.05, 0) is 42.8 Å². The number of hydrogen-bond acceptors (Lipinski definition) is 6. The predicted molar refractivity (Wildman–Crippen MR) is 103 cm³/mol. The highest BCUT2D eigenvalue weighted by molar-refractivity contribution is 7.22. The number of fused-ring (bicyclic) bond motifs is 1. The summed E-state index contributed by atoms with van der Waals surface area (Å²) in [5, 5.41) is 4.37. The Bertz CT molecular complexity index is 945. The van der Waals surface area contributed by atoms with Gasteiger partial charge in [0.1, 0.15) is 11.3 Å². The minimum atomic E-state index is -0.301. The first-order valence-electron chi connectivity index (χ1n) is 7.22. The van der Waals surface area contributed by atoms with Crippen LogP contribution in [0.4, 0.5) is 10.8 Å². The van der Waals surface area contributed by atoms with Gasteiger partial charge in [0, 0.05) is 10.7 Å². The summed E-state index contributed by atoms with van der Waals surface area (Å²) >= 11 is 13.5. The molecule has 9 heteroatoms. The van der Waals surface area contributed by atoms with E-state index >= 15 is 0 Å². The number of hydrazine groups is 1. The second-order valence-corrected chi connectivity index (χ2v) is 7.06. The van der Waals surface area contributed by atoms with E-state index in [0.29, 0.717) is 32.1 Å². The van der Waals surface area contributed by atoms with Gasteiger partial charge in [-0.25, -0.2) is 10.8 Å². The number of carbonyl (C=O) groups excluding carboxylic acids is 1. The van der Waals surface area contributed by atoms with Crippen LogP contribution in [0.5, 0.6) is 5.75 Å². The molecular formula is C16H14Cl2N4O2S. The second kappa shape index (κ2) is 7.45. The molecule has 0 saturated carbocycles. The quantitative estimate of drug-likeness (QED) is 0.443. The van der Waals surface area contributed by atoms with E-state index in [-0.39, 0.29) is 12.5 Å². The number of nitrogens with one attached hydrogen (secondary N) is 2. The van der Waals surface area contributed by atoms with Crippen LogP contribution in [0.1, 0.15) is 5.56 Å². The highest BCUT2D eigenvalue weighted by Gasteiger charge is 2.11. The number of anilines is 2. The molecule has 3 rings (SSSR count). The fraction of sp³-hybridized carbons (Fsp3) is 0.125. The van der Waals surface area contributed by atoms with Gasteiger partial charge in [-0.1, -0.05) is 34.5 Å². The third-order valence-electron chi connectivity index (χ3n) is 3.35. The molecule has 0 saturated heterocycles. The van der Waals surface area contributed by atoms with Crippen molar-refractivity contribution < 1.29 is 9.53 Å². The first kappa shape index (κ1) is 17.8. The van der Waals surface area contributed by atoms with Crippen molar-refractivity contribution in [3.05, 3.63) is 45.9 Å². The average molecular weight is 397 g/mol. The summed E-state index contributed by atoms with van der Waals surface area (Å²) in [6.45, 7) is 1.74. The maximum Gasteiger partial charge on any atom is 0.262 e. The van der Waals surface area contributed by atoms with Crippen LogP contribution >= 0.6 is 34.5 Å². The average Bonchev–Trinajstić information content (AvgIpc) is 3.00. The van der Waals surface area contributed by atoms with E-state index in [9.17, 15) is 4.79 Å².